The van der Waals surface area contributed by atoms with Gasteiger partial charge in [-0.15, -0.1) is 0 Å². The zero-order chi connectivity index (χ0) is 13.7. The number of hydrogen-bond acceptors (Lipinski definition) is 3. The zero-order valence-electron chi connectivity index (χ0n) is 10.6. The van der Waals surface area contributed by atoms with Crippen molar-refractivity contribution in [1.29, 1.82) is 0 Å². The molecule has 0 aliphatic carbocycles. The van der Waals surface area contributed by atoms with Gasteiger partial charge in [-0.05, 0) is 18.2 Å². The second kappa shape index (κ2) is 6.29. The van der Waals surface area contributed by atoms with Crippen LogP contribution in [0.5, 0.6) is 0 Å². The number of pyridine rings is 2. The average molecular weight is 276 g/mol. The van der Waals surface area contributed by atoms with Gasteiger partial charge in [0.2, 0.25) is 0 Å². The van der Waals surface area contributed by atoms with E-state index in [2.05, 4.69) is 9.97 Å². The van der Waals surface area contributed by atoms with E-state index in [0.29, 0.717) is 23.6 Å². The van der Waals surface area contributed by atoms with Gasteiger partial charge in [-0.25, -0.2) is 0 Å². The summed E-state index contributed by atoms with van der Waals surface area (Å²) in [4.78, 5) is 21.9. The molecule has 0 saturated carbocycles. The molecular weight excluding hydrogens is 262 g/mol. The maximum Gasteiger partial charge on any atom is 0.255 e. The van der Waals surface area contributed by atoms with Gasteiger partial charge >= 0.3 is 0 Å². The van der Waals surface area contributed by atoms with Gasteiger partial charge in [0.25, 0.3) is 5.91 Å². The number of rotatable bonds is 4. The summed E-state index contributed by atoms with van der Waals surface area (Å²) in [7, 11) is 1.75. The molecular formula is C14H14ClN3O. The minimum Gasteiger partial charge on any atom is -0.341 e. The van der Waals surface area contributed by atoms with Crippen LogP contribution in [0.15, 0.2) is 42.9 Å². The third-order valence-corrected chi connectivity index (χ3v) is 3.08. The fourth-order valence-corrected chi connectivity index (χ4v) is 1.88. The molecule has 2 rings (SSSR count). The molecule has 0 bridgehead atoms. The first-order chi connectivity index (χ1) is 9.18. The molecule has 0 atom stereocenters. The van der Waals surface area contributed by atoms with E-state index < -0.39 is 0 Å². The first-order valence-electron chi connectivity index (χ1n) is 5.93. The number of amides is 1. The van der Waals surface area contributed by atoms with Gasteiger partial charge in [-0.3, -0.25) is 14.8 Å². The topological polar surface area (TPSA) is 46.1 Å². The van der Waals surface area contributed by atoms with Crippen LogP contribution in [-0.2, 0) is 6.42 Å². The Morgan fingerprint density at radius 1 is 1.32 bits per heavy atom. The highest BCUT2D eigenvalue weighted by atomic mass is 35.5. The first-order valence-corrected chi connectivity index (χ1v) is 6.31. The van der Waals surface area contributed by atoms with Crippen molar-refractivity contribution in [3.05, 3.63) is 59.1 Å². The summed E-state index contributed by atoms with van der Waals surface area (Å²) in [6.45, 7) is 0.592. The smallest absolute Gasteiger partial charge is 0.255 e. The van der Waals surface area contributed by atoms with Crippen molar-refractivity contribution in [2.75, 3.05) is 13.6 Å². The summed E-state index contributed by atoms with van der Waals surface area (Å²) in [5, 5.41) is 0.372. The number of aromatic nitrogens is 2. The summed E-state index contributed by atoms with van der Waals surface area (Å²) in [5.74, 6) is -0.108. The lowest BCUT2D eigenvalue weighted by atomic mass is 10.2. The predicted molar refractivity (Wildman–Crippen MR) is 74.1 cm³/mol. The maximum absolute atomic E-state index is 12.2. The van der Waals surface area contributed by atoms with Crippen molar-refractivity contribution >= 4 is 17.5 Å². The highest BCUT2D eigenvalue weighted by Gasteiger charge is 2.14. The number of nitrogens with zero attached hydrogens (tertiary/aromatic N) is 3. The van der Waals surface area contributed by atoms with Crippen molar-refractivity contribution in [2.45, 2.75) is 6.42 Å². The third kappa shape index (κ3) is 3.51. The normalized spacial score (nSPS) is 10.2. The lowest BCUT2D eigenvalue weighted by Gasteiger charge is -2.17. The Bertz CT molecular complexity index is 560. The summed E-state index contributed by atoms with van der Waals surface area (Å²) < 4.78 is 0. The lowest BCUT2D eigenvalue weighted by molar-refractivity contribution is 0.0796. The van der Waals surface area contributed by atoms with Gasteiger partial charge in [-0.2, -0.15) is 0 Å². The molecule has 98 valence electrons. The number of likely N-dealkylation sites (N-methyl/N-ethyl adjacent to an activating group) is 1. The highest BCUT2D eigenvalue weighted by Crippen LogP contribution is 2.15. The van der Waals surface area contributed by atoms with Gasteiger partial charge in [0, 0.05) is 44.3 Å². The number of carbonyl (C=O) groups is 1. The third-order valence-electron chi connectivity index (χ3n) is 2.78. The molecule has 2 heterocycles. The van der Waals surface area contributed by atoms with E-state index in [1.54, 1.807) is 30.4 Å². The highest BCUT2D eigenvalue weighted by molar-refractivity contribution is 6.33. The summed E-state index contributed by atoms with van der Waals surface area (Å²) in [6, 6.07) is 7.37. The molecule has 5 heteroatoms. The molecule has 0 fully saturated rings. The van der Waals surface area contributed by atoms with Crippen molar-refractivity contribution in [1.82, 2.24) is 14.9 Å². The molecule has 0 N–H and O–H groups in total. The summed E-state index contributed by atoms with van der Waals surface area (Å²) in [6.07, 6.45) is 5.50. The Morgan fingerprint density at radius 3 is 2.84 bits per heavy atom. The van der Waals surface area contributed by atoms with Crippen LogP contribution in [0.2, 0.25) is 5.02 Å². The van der Waals surface area contributed by atoms with Crippen LogP contribution in [0.3, 0.4) is 0 Å². The Kier molecular flexibility index (Phi) is 4.47. The molecule has 2 aromatic rings. The van der Waals surface area contributed by atoms with Crippen LogP contribution in [-0.4, -0.2) is 34.4 Å². The van der Waals surface area contributed by atoms with Gasteiger partial charge in [-0.1, -0.05) is 17.7 Å². The van der Waals surface area contributed by atoms with E-state index in [1.165, 1.54) is 6.20 Å². The zero-order valence-corrected chi connectivity index (χ0v) is 11.3. The maximum atomic E-state index is 12.2. The first kappa shape index (κ1) is 13.5. The van der Waals surface area contributed by atoms with Crippen molar-refractivity contribution < 1.29 is 4.79 Å². The SMILES string of the molecule is CN(CCc1ccccn1)C(=O)c1ccncc1Cl. The van der Waals surface area contributed by atoms with Crippen LogP contribution in [0.1, 0.15) is 16.1 Å². The molecule has 0 spiro atoms. The van der Waals surface area contributed by atoms with Crippen LogP contribution in [0.25, 0.3) is 0 Å². The van der Waals surface area contributed by atoms with Crippen LogP contribution < -0.4 is 0 Å². The Balaban J connectivity index is 1.99. The van der Waals surface area contributed by atoms with Crippen LogP contribution >= 0.6 is 11.6 Å². The standard InChI is InChI=1S/C14H14ClN3O/c1-18(9-6-11-4-2-3-7-17-11)14(19)12-5-8-16-10-13(12)15/h2-5,7-8,10H,6,9H2,1H3. The van der Waals surface area contributed by atoms with Crippen molar-refractivity contribution in [3.63, 3.8) is 0 Å². The van der Waals surface area contributed by atoms with E-state index in [4.69, 9.17) is 11.6 Å². The molecule has 0 aromatic carbocycles. The van der Waals surface area contributed by atoms with E-state index in [1.807, 2.05) is 18.2 Å². The van der Waals surface area contributed by atoms with E-state index in [-0.39, 0.29) is 5.91 Å². The van der Waals surface area contributed by atoms with Crippen molar-refractivity contribution in [3.8, 4) is 0 Å². The van der Waals surface area contributed by atoms with Gasteiger partial charge in [0.05, 0.1) is 10.6 Å². The molecule has 4 nitrogen and oxygen atoms in total. The minimum absolute atomic E-state index is 0.108. The summed E-state index contributed by atoms with van der Waals surface area (Å²) in [5.41, 5.74) is 1.43. The summed E-state index contributed by atoms with van der Waals surface area (Å²) >= 11 is 5.96. The molecule has 0 unspecified atom stereocenters. The molecule has 0 aliphatic rings. The minimum atomic E-state index is -0.108. The number of halogens is 1. The molecule has 2 aromatic heterocycles. The fraction of sp³-hybridized carbons (Fsp3) is 0.214. The van der Waals surface area contributed by atoms with E-state index in [9.17, 15) is 4.79 Å². The molecule has 0 aliphatic heterocycles. The quantitative estimate of drug-likeness (QED) is 0.861. The fourth-order valence-electron chi connectivity index (χ4n) is 1.68. The number of carbonyl (C=O) groups excluding carboxylic acids is 1. The Morgan fingerprint density at radius 2 is 2.16 bits per heavy atom. The van der Waals surface area contributed by atoms with Crippen molar-refractivity contribution in [2.24, 2.45) is 0 Å². The van der Waals surface area contributed by atoms with Gasteiger partial charge in [0.15, 0.2) is 0 Å². The number of hydrogen-bond donors (Lipinski definition) is 0. The molecule has 0 radical (unpaired) electrons. The van der Waals surface area contributed by atoms with E-state index in [0.717, 1.165) is 5.69 Å². The van der Waals surface area contributed by atoms with E-state index >= 15 is 0 Å². The lowest BCUT2D eigenvalue weighted by Crippen LogP contribution is -2.29. The molecule has 0 saturated heterocycles. The largest absolute Gasteiger partial charge is 0.341 e. The Labute approximate surface area is 117 Å². The average Bonchev–Trinajstić information content (AvgIpc) is 2.45. The monoisotopic (exact) mass is 275 g/mol. The second-order valence-corrected chi connectivity index (χ2v) is 4.56. The second-order valence-electron chi connectivity index (χ2n) is 4.15. The van der Waals surface area contributed by atoms with Crippen LogP contribution in [0.4, 0.5) is 0 Å². The molecule has 1 amide bonds. The van der Waals surface area contributed by atoms with Gasteiger partial charge < -0.3 is 4.90 Å². The Hall–Kier alpha value is -1.94. The van der Waals surface area contributed by atoms with Crippen LogP contribution in [0, 0.1) is 0 Å². The predicted octanol–water partition coefficient (Wildman–Crippen LogP) is 2.44. The van der Waals surface area contributed by atoms with Gasteiger partial charge in [0.1, 0.15) is 0 Å². The molecule has 19 heavy (non-hydrogen) atoms.